The normalized spacial score (nSPS) is 17.1. The maximum Gasteiger partial charge on any atom is 0.0820 e. The SMILES string of the molecule is Clc1cnccc1NC1CCC1. The lowest BCUT2D eigenvalue weighted by Gasteiger charge is -2.27. The van der Waals surface area contributed by atoms with Gasteiger partial charge in [0.05, 0.1) is 10.7 Å². The van der Waals surface area contributed by atoms with Gasteiger partial charge in [-0.1, -0.05) is 11.6 Å². The van der Waals surface area contributed by atoms with E-state index >= 15 is 0 Å². The molecule has 0 bridgehead atoms. The number of hydrogen-bond acceptors (Lipinski definition) is 2. The van der Waals surface area contributed by atoms with Gasteiger partial charge in [0.2, 0.25) is 0 Å². The van der Waals surface area contributed by atoms with Crippen LogP contribution in [0, 0.1) is 0 Å². The van der Waals surface area contributed by atoms with Crippen molar-refractivity contribution in [3.8, 4) is 0 Å². The number of pyridine rings is 1. The molecule has 1 heterocycles. The molecule has 0 unspecified atom stereocenters. The molecule has 1 aliphatic rings. The zero-order chi connectivity index (χ0) is 8.39. The molecule has 1 N–H and O–H groups in total. The van der Waals surface area contributed by atoms with E-state index in [0.717, 1.165) is 5.69 Å². The molecule has 3 heteroatoms. The summed E-state index contributed by atoms with van der Waals surface area (Å²) in [6.45, 7) is 0. The van der Waals surface area contributed by atoms with Crippen molar-refractivity contribution in [2.45, 2.75) is 25.3 Å². The second-order valence-corrected chi connectivity index (χ2v) is 3.53. The fourth-order valence-corrected chi connectivity index (χ4v) is 1.44. The Bertz CT molecular complexity index is 271. The van der Waals surface area contributed by atoms with Gasteiger partial charge >= 0.3 is 0 Å². The minimum atomic E-state index is 0.630. The van der Waals surface area contributed by atoms with Crippen LogP contribution in [0.3, 0.4) is 0 Å². The molecule has 0 saturated heterocycles. The third kappa shape index (κ3) is 1.53. The van der Waals surface area contributed by atoms with Crippen molar-refractivity contribution >= 4 is 17.3 Å². The molecule has 0 amide bonds. The Morgan fingerprint density at radius 3 is 2.92 bits per heavy atom. The first-order chi connectivity index (χ1) is 5.86. The van der Waals surface area contributed by atoms with Gasteiger partial charge in [0, 0.05) is 18.4 Å². The molecule has 0 radical (unpaired) electrons. The van der Waals surface area contributed by atoms with E-state index in [0.29, 0.717) is 11.1 Å². The smallest absolute Gasteiger partial charge is 0.0820 e. The van der Waals surface area contributed by atoms with E-state index in [1.807, 2.05) is 6.07 Å². The molecule has 1 fully saturated rings. The van der Waals surface area contributed by atoms with E-state index in [4.69, 9.17) is 11.6 Å². The van der Waals surface area contributed by atoms with Gasteiger partial charge in [-0.15, -0.1) is 0 Å². The largest absolute Gasteiger partial charge is 0.381 e. The predicted molar refractivity (Wildman–Crippen MR) is 50.5 cm³/mol. The third-order valence-corrected chi connectivity index (χ3v) is 2.54. The minimum Gasteiger partial charge on any atom is -0.381 e. The Labute approximate surface area is 77.0 Å². The van der Waals surface area contributed by atoms with Crippen LogP contribution in [-0.4, -0.2) is 11.0 Å². The van der Waals surface area contributed by atoms with Crippen molar-refractivity contribution in [1.29, 1.82) is 0 Å². The molecule has 0 aromatic carbocycles. The van der Waals surface area contributed by atoms with Gasteiger partial charge in [-0.2, -0.15) is 0 Å². The zero-order valence-electron chi connectivity index (χ0n) is 6.76. The number of halogens is 1. The average molecular weight is 183 g/mol. The molecular weight excluding hydrogens is 172 g/mol. The maximum atomic E-state index is 5.92. The first-order valence-corrected chi connectivity index (χ1v) is 4.60. The summed E-state index contributed by atoms with van der Waals surface area (Å²) < 4.78 is 0. The highest BCUT2D eigenvalue weighted by Gasteiger charge is 2.17. The highest BCUT2D eigenvalue weighted by molar-refractivity contribution is 6.33. The quantitative estimate of drug-likeness (QED) is 0.761. The number of nitrogens with zero attached hydrogens (tertiary/aromatic N) is 1. The average Bonchev–Trinajstić information content (AvgIpc) is 2.00. The Morgan fingerprint density at radius 2 is 2.33 bits per heavy atom. The van der Waals surface area contributed by atoms with Crippen LogP contribution in [0.5, 0.6) is 0 Å². The van der Waals surface area contributed by atoms with Crippen LogP contribution in [-0.2, 0) is 0 Å². The predicted octanol–water partition coefficient (Wildman–Crippen LogP) is 2.70. The van der Waals surface area contributed by atoms with E-state index in [-0.39, 0.29) is 0 Å². The third-order valence-electron chi connectivity index (χ3n) is 2.24. The van der Waals surface area contributed by atoms with Gasteiger partial charge in [-0.3, -0.25) is 4.98 Å². The number of hydrogen-bond donors (Lipinski definition) is 1. The number of nitrogens with one attached hydrogen (secondary N) is 1. The van der Waals surface area contributed by atoms with E-state index in [9.17, 15) is 0 Å². The maximum absolute atomic E-state index is 5.92. The summed E-state index contributed by atoms with van der Waals surface area (Å²) in [4.78, 5) is 3.92. The van der Waals surface area contributed by atoms with Crippen LogP contribution in [0.2, 0.25) is 5.02 Å². The summed E-state index contributed by atoms with van der Waals surface area (Å²) in [5, 5.41) is 4.09. The lowest BCUT2D eigenvalue weighted by molar-refractivity contribution is 0.445. The Morgan fingerprint density at radius 1 is 1.50 bits per heavy atom. The van der Waals surface area contributed by atoms with E-state index in [1.54, 1.807) is 12.4 Å². The van der Waals surface area contributed by atoms with Crippen molar-refractivity contribution in [2.75, 3.05) is 5.32 Å². The molecule has 12 heavy (non-hydrogen) atoms. The summed E-state index contributed by atoms with van der Waals surface area (Å²) in [5.74, 6) is 0. The Balaban J connectivity index is 2.06. The van der Waals surface area contributed by atoms with Crippen LogP contribution in [0.25, 0.3) is 0 Å². The van der Waals surface area contributed by atoms with Gasteiger partial charge < -0.3 is 5.32 Å². The van der Waals surface area contributed by atoms with Gasteiger partial charge in [-0.05, 0) is 25.3 Å². The van der Waals surface area contributed by atoms with Gasteiger partial charge in [0.15, 0.2) is 0 Å². The molecule has 1 aromatic heterocycles. The standard InChI is InChI=1S/C9H11ClN2/c10-8-6-11-5-4-9(8)12-7-2-1-3-7/h4-7H,1-3H2,(H,11,12). The molecule has 0 atom stereocenters. The van der Waals surface area contributed by atoms with Crippen LogP contribution < -0.4 is 5.32 Å². The second-order valence-electron chi connectivity index (χ2n) is 3.13. The summed E-state index contributed by atoms with van der Waals surface area (Å²) in [6, 6.07) is 2.55. The molecule has 1 aliphatic carbocycles. The van der Waals surface area contributed by atoms with Crippen LogP contribution in [0.1, 0.15) is 19.3 Å². The molecule has 2 nitrogen and oxygen atoms in total. The number of aromatic nitrogens is 1. The number of anilines is 1. The van der Waals surface area contributed by atoms with E-state index in [1.165, 1.54) is 19.3 Å². The van der Waals surface area contributed by atoms with Gasteiger partial charge in [0.25, 0.3) is 0 Å². The molecule has 1 aromatic rings. The summed E-state index contributed by atoms with van der Waals surface area (Å²) in [6.07, 6.45) is 7.28. The first kappa shape index (κ1) is 7.87. The van der Waals surface area contributed by atoms with Crippen LogP contribution in [0.4, 0.5) is 5.69 Å². The fourth-order valence-electron chi connectivity index (χ4n) is 1.26. The van der Waals surface area contributed by atoms with Crippen LogP contribution >= 0.6 is 11.6 Å². The van der Waals surface area contributed by atoms with Crippen molar-refractivity contribution in [1.82, 2.24) is 4.98 Å². The summed E-state index contributed by atoms with van der Waals surface area (Å²) in [5.41, 5.74) is 1.01. The van der Waals surface area contributed by atoms with Crippen molar-refractivity contribution in [3.63, 3.8) is 0 Å². The summed E-state index contributed by atoms with van der Waals surface area (Å²) in [7, 11) is 0. The van der Waals surface area contributed by atoms with E-state index < -0.39 is 0 Å². The Hall–Kier alpha value is -0.760. The first-order valence-electron chi connectivity index (χ1n) is 4.22. The monoisotopic (exact) mass is 182 g/mol. The molecular formula is C9H11ClN2. The topological polar surface area (TPSA) is 24.9 Å². The van der Waals surface area contributed by atoms with Crippen molar-refractivity contribution < 1.29 is 0 Å². The molecule has 0 spiro atoms. The zero-order valence-corrected chi connectivity index (χ0v) is 7.51. The molecule has 1 saturated carbocycles. The van der Waals surface area contributed by atoms with Gasteiger partial charge in [-0.25, -0.2) is 0 Å². The van der Waals surface area contributed by atoms with Crippen LogP contribution in [0.15, 0.2) is 18.5 Å². The van der Waals surface area contributed by atoms with E-state index in [2.05, 4.69) is 10.3 Å². The summed E-state index contributed by atoms with van der Waals surface area (Å²) >= 11 is 5.92. The molecule has 2 rings (SSSR count). The van der Waals surface area contributed by atoms with Crippen molar-refractivity contribution in [3.05, 3.63) is 23.5 Å². The highest BCUT2D eigenvalue weighted by atomic mass is 35.5. The fraction of sp³-hybridized carbons (Fsp3) is 0.444. The van der Waals surface area contributed by atoms with Crippen molar-refractivity contribution in [2.24, 2.45) is 0 Å². The lowest BCUT2D eigenvalue weighted by atomic mass is 9.93. The molecule has 64 valence electrons. The van der Waals surface area contributed by atoms with Gasteiger partial charge in [0.1, 0.15) is 0 Å². The molecule has 0 aliphatic heterocycles. The second kappa shape index (κ2) is 3.31. The Kier molecular flexibility index (Phi) is 2.17. The lowest BCUT2D eigenvalue weighted by Crippen LogP contribution is -2.27. The highest BCUT2D eigenvalue weighted by Crippen LogP contribution is 2.26. The number of rotatable bonds is 2. The minimum absolute atomic E-state index is 0.630.